The fourth-order valence-corrected chi connectivity index (χ4v) is 6.39. The normalized spacial score (nSPS) is 20.3. The molecule has 3 rings (SSSR count). The first kappa shape index (κ1) is 17.4. The van der Waals surface area contributed by atoms with Gasteiger partial charge in [0.05, 0.1) is 21.3 Å². The van der Waals surface area contributed by atoms with Crippen molar-refractivity contribution < 1.29 is 19.4 Å². The van der Waals surface area contributed by atoms with Gasteiger partial charge in [-0.1, -0.05) is 54.2 Å². The molecular weight excluding hydrogens is 320 g/mol. The summed E-state index contributed by atoms with van der Waals surface area (Å²) >= 11 is 0. The van der Waals surface area contributed by atoms with Crippen LogP contribution in [0.4, 0.5) is 0 Å². The first-order valence-corrected chi connectivity index (χ1v) is 11.9. The van der Waals surface area contributed by atoms with Gasteiger partial charge in [-0.2, -0.15) is 0 Å². The molecule has 0 amide bonds. The lowest BCUT2D eigenvalue weighted by atomic mass is 9.87. The zero-order valence-electron chi connectivity index (χ0n) is 14.5. The quantitative estimate of drug-likeness (QED) is 0.671. The molecule has 1 N–H and O–H groups in total. The molecule has 130 valence electrons. The minimum Gasteiger partial charge on any atom is -0.478 e. The van der Waals surface area contributed by atoms with Crippen LogP contribution in [0.1, 0.15) is 25.7 Å². The Kier molecular flexibility index (Phi) is 4.94. The number of rotatable bonds is 4. The van der Waals surface area contributed by atoms with E-state index in [9.17, 15) is 9.90 Å². The van der Waals surface area contributed by atoms with Crippen molar-refractivity contribution >= 4 is 19.2 Å². The van der Waals surface area contributed by atoms with Gasteiger partial charge in [-0.3, -0.25) is 0 Å². The molecule has 1 spiro atoms. The average Bonchev–Trinajstić information content (AvgIpc) is 3.02. The molecule has 0 bridgehead atoms. The first-order chi connectivity index (χ1) is 11.4. The number of carbonyl (C=O) groups is 1. The number of hydrogen-bond donors (Lipinski definition) is 1. The van der Waals surface area contributed by atoms with E-state index in [2.05, 4.69) is 25.2 Å². The Morgan fingerprint density at radius 2 is 1.71 bits per heavy atom. The summed E-state index contributed by atoms with van der Waals surface area (Å²) in [5, 5.41) is 11.1. The molecule has 2 aliphatic rings. The third-order valence-electron chi connectivity index (χ3n) is 5.29. The zero-order valence-corrected chi connectivity index (χ0v) is 15.5. The predicted octanol–water partition coefficient (Wildman–Crippen LogP) is 3.30. The SMILES string of the molecule is C[Si](C)(CC(C(=O)O)=C1CCC2(CC1)OCCO2)c1ccccc1. The second-order valence-electron chi connectivity index (χ2n) is 7.42. The van der Waals surface area contributed by atoms with Crippen LogP contribution < -0.4 is 5.19 Å². The summed E-state index contributed by atoms with van der Waals surface area (Å²) in [6, 6.07) is 11.0. The van der Waals surface area contributed by atoms with E-state index in [4.69, 9.17) is 9.47 Å². The summed E-state index contributed by atoms with van der Waals surface area (Å²) in [5.74, 6) is -1.20. The molecule has 2 fully saturated rings. The number of aliphatic carboxylic acids is 1. The molecule has 1 saturated heterocycles. The molecule has 0 atom stereocenters. The Morgan fingerprint density at radius 1 is 1.12 bits per heavy atom. The van der Waals surface area contributed by atoms with Crippen LogP contribution in [0, 0.1) is 0 Å². The lowest BCUT2D eigenvalue weighted by molar-refractivity contribution is -0.171. The fourth-order valence-electron chi connectivity index (χ4n) is 3.81. The Balaban J connectivity index is 1.79. The van der Waals surface area contributed by atoms with Crippen LogP contribution in [0.2, 0.25) is 19.1 Å². The summed E-state index contributed by atoms with van der Waals surface area (Å²) < 4.78 is 11.5. The highest BCUT2D eigenvalue weighted by atomic mass is 28.3. The maximum absolute atomic E-state index is 11.9. The summed E-state index contributed by atoms with van der Waals surface area (Å²) in [4.78, 5) is 11.9. The molecule has 1 aromatic carbocycles. The van der Waals surface area contributed by atoms with E-state index >= 15 is 0 Å². The van der Waals surface area contributed by atoms with Crippen molar-refractivity contribution in [3.8, 4) is 0 Å². The van der Waals surface area contributed by atoms with Gasteiger partial charge in [0.15, 0.2) is 5.79 Å². The number of carboxylic acids is 1. The Hall–Kier alpha value is -1.43. The molecule has 5 heteroatoms. The van der Waals surface area contributed by atoms with Crippen LogP contribution in [0.25, 0.3) is 0 Å². The van der Waals surface area contributed by atoms with Crippen molar-refractivity contribution in [2.75, 3.05) is 13.2 Å². The van der Waals surface area contributed by atoms with E-state index in [1.807, 2.05) is 18.2 Å². The molecule has 1 saturated carbocycles. The molecular formula is C19H26O4Si. The molecule has 0 radical (unpaired) electrons. The van der Waals surface area contributed by atoms with Crippen molar-refractivity contribution in [1.29, 1.82) is 0 Å². The van der Waals surface area contributed by atoms with Crippen molar-refractivity contribution in [3.63, 3.8) is 0 Å². The van der Waals surface area contributed by atoms with E-state index < -0.39 is 19.8 Å². The van der Waals surface area contributed by atoms with Crippen LogP contribution in [-0.2, 0) is 14.3 Å². The predicted molar refractivity (Wildman–Crippen MR) is 96.1 cm³/mol. The Bertz CT molecular complexity index is 618. The van der Waals surface area contributed by atoms with Gasteiger partial charge >= 0.3 is 5.97 Å². The second-order valence-corrected chi connectivity index (χ2v) is 12.1. The van der Waals surface area contributed by atoms with Gasteiger partial charge in [0.1, 0.15) is 0 Å². The van der Waals surface area contributed by atoms with Gasteiger partial charge in [-0.25, -0.2) is 4.79 Å². The molecule has 1 aromatic rings. The molecule has 24 heavy (non-hydrogen) atoms. The highest BCUT2D eigenvalue weighted by Crippen LogP contribution is 2.40. The van der Waals surface area contributed by atoms with Gasteiger partial charge in [0, 0.05) is 18.4 Å². The van der Waals surface area contributed by atoms with Gasteiger partial charge in [-0.15, -0.1) is 0 Å². The molecule has 4 nitrogen and oxygen atoms in total. The van der Waals surface area contributed by atoms with E-state index in [1.165, 1.54) is 5.19 Å². The van der Waals surface area contributed by atoms with Crippen LogP contribution >= 0.6 is 0 Å². The van der Waals surface area contributed by atoms with Crippen molar-refractivity contribution in [1.82, 2.24) is 0 Å². The second kappa shape index (κ2) is 6.82. The summed E-state index contributed by atoms with van der Waals surface area (Å²) in [6.07, 6.45) is 3.07. The molecule has 1 aliphatic heterocycles. The Labute approximate surface area is 144 Å². The molecule has 1 heterocycles. The third-order valence-corrected chi connectivity index (χ3v) is 8.42. The van der Waals surface area contributed by atoms with Crippen LogP contribution in [-0.4, -0.2) is 38.2 Å². The number of benzene rings is 1. The lowest BCUT2D eigenvalue weighted by Gasteiger charge is -2.34. The summed E-state index contributed by atoms with van der Waals surface area (Å²) in [6.45, 7) is 5.80. The maximum Gasteiger partial charge on any atom is 0.331 e. The monoisotopic (exact) mass is 346 g/mol. The van der Waals surface area contributed by atoms with Crippen LogP contribution in [0.15, 0.2) is 41.5 Å². The topological polar surface area (TPSA) is 55.8 Å². The van der Waals surface area contributed by atoms with E-state index in [0.717, 1.165) is 31.3 Å². The van der Waals surface area contributed by atoms with E-state index in [0.29, 0.717) is 24.8 Å². The van der Waals surface area contributed by atoms with Crippen molar-refractivity contribution in [2.24, 2.45) is 0 Å². The molecule has 0 unspecified atom stereocenters. The summed E-state index contributed by atoms with van der Waals surface area (Å²) in [5.41, 5.74) is 1.71. The summed E-state index contributed by atoms with van der Waals surface area (Å²) in [7, 11) is -1.83. The van der Waals surface area contributed by atoms with Gasteiger partial charge in [0.25, 0.3) is 0 Å². The third kappa shape index (κ3) is 3.63. The van der Waals surface area contributed by atoms with Crippen molar-refractivity contribution in [2.45, 2.75) is 50.6 Å². The van der Waals surface area contributed by atoms with Gasteiger partial charge in [-0.05, 0) is 18.9 Å². The minimum absolute atomic E-state index is 0.445. The fraction of sp³-hybridized carbons (Fsp3) is 0.526. The Morgan fingerprint density at radius 3 is 2.25 bits per heavy atom. The minimum atomic E-state index is -1.83. The first-order valence-electron chi connectivity index (χ1n) is 8.70. The average molecular weight is 346 g/mol. The number of carboxylic acid groups (broad SMARTS) is 1. The maximum atomic E-state index is 11.9. The smallest absolute Gasteiger partial charge is 0.331 e. The molecule has 1 aliphatic carbocycles. The zero-order chi connectivity index (χ0) is 17.2. The standard InChI is InChI=1S/C19H26O4Si/c1-24(2,16-6-4-3-5-7-16)14-17(18(20)21)15-8-10-19(11-9-15)22-12-13-23-19/h3-7H,8-14H2,1-2H3,(H,20,21). The highest BCUT2D eigenvalue weighted by Gasteiger charge is 2.40. The molecule has 0 aromatic heterocycles. The highest BCUT2D eigenvalue weighted by molar-refractivity contribution is 6.90. The van der Waals surface area contributed by atoms with Crippen LogP contribution in [0.3, 0.4) is 0 Å². The number of hydrogen-bond acceptors (Lipinski definition) is 3. The van der Waals surface area contributed by atoms with E-state index in [-0.39, 0.29) is 0 Å². The largest absolute Gasteiger partial charge is 0.478 e. The number of allylic oxidation sites excluding steroid dienone is 1. The number of ether oxygens (including phenoxy) is 2. The van der Waals surface area contributed by atoms with E-state index in [1.54, 1.807) is 0 Å². The van der Waals surface area contributed by atoms with Crippen LogP contribution in [0.5, 0.6) is 0 Å². The van der Waals surface area contributed by atoms with Gasteiger partial charge < -0.3 is 14.6 Å². The van der Waals surface area contributed by atoms with Crippen molar-refractivity contribution in [3.05, 3.63) is 41.5 Å². The van der Waals surface area contributed by atoms with Gasteiger partial charge in [0.2, 0.25) is 0 Å². The lowest BCUT2D eigenvalue weighted by Crippen LogP contribution is -2.42.